The molecular formula is C90H111ClSi. The lowest BCUT2D eigenvalue weighted by Gasteiger charge is -2.31. The summed E-state index contributed by atoms with van der Waals surface area (Å²) in [4.78, 5) is 0. The van der Waals surface area contributed by atoms with Gasteiger partial charge in [-0.3, -0.25) is 0 Å². The van der Waals surface area contributed by atoms with Crippen molar-refractivity contribution in [2.45, 2.75) is 237 Å². The van der Waals surface area contributed by atoms with Gasteiger partial charge in [0, 0.05) is 0 Å². The summed E-state index contributed by atoms with van der Waals surface area (Å²) in [6.07, 6.45) is 0. The van der Waals surface area contributed by atoms with Gasteiger partial charge in [0.1, 0.15) is 0 Å². The maximum Gasteiger partial charge on any atom is 0.248 e. The average Bonchev–Trinajstić information content (AvgIpc) is 0.779. The largest absolute Gasteiger partial charge is 0.248 e. The zero-order chi connectivity index (χ0) is 67.1. The molecule has 0 aliphatic carbocycles. The highest BCUT2D eigenvalue weighted by Crippen LogP contribution is 2.41. The van der Waals surface area contributed by atoms with Crippen LogP contribution >= 0.6 is 11.1 Å². The molecule has 0 N–H and O–H groups in total. The monoisotopic (exact) mass is 1250 g/mol. The lowest BCUT2D eigenvalue weighted by Crippen LogP contribution is -2.63. The summed E-state index contributed by atoms with van der Waals surface area (Å²) in [6, 6.07) is 67.1. The Kier molecular flexibility index (Phi) is 21.7. The molecule has 92 heavy (non-hydrogen) atoms. The Bertz CT molecular complexity index is 3270. The van der Waals surface area contributed by atoms with Crippen molar-refractivity contribution in [1.29, 1.82) is 0 Å². The molecule has 0 nitrogen and oxygen atoms in total. The van der Waals surface area contributed by atoms with Gasteiger partial charge in [0.25, 0.3) is 0 Å². The molecule has 0 unspecified atom stereocenters. The van der Waals surface area contributed by atoms with Crippen LogP contribution in [0.4, 0.5) is 0 Å². The van der Waals surface area contributed by atoms with Gasteiger partial charge in [-0.05, 0) is 238 Å². The molecule has 0 aromatic heterocycles. The Labute approximate surface area is 564 Å². The minimum absolute atomic E-state index is 0.349. The molecule has 0 radical (unpaired) electrons. The second-order valence-electron chi connectivity index (χ2n) is 31.2. The maximum atomic E-state index is 9.79. The minimum Gasteiger partial charge on any atom is -0.149 e. The maximum absolute atomic E-state index is 9.79. The molecule has 0 aliphatic heterocycles. The van der Waals surface area contributed by atoms with Crippen molar-refractivity contribution >= 4 is 34.0 Å². The van der Waals surface area contributed by atoms with Gasteiger partial charge in [0.15, 0.2) is 0 Å². The summed E-state index contributed by atoms with van der Waals surface area (Å²) < 4.78 is 0. The van der Waals surface area contributed by atoms with Crippen LogP contribution in [0.2, 0.25) is 0 Å². The molecule has 9 aromatic carbocycles. The molecule has 482 valence electrons. The van der Waals surface area contributed by atoms with Crippen molar-refractivity contribution < 1.29 is 0 Å². The van der Waals surface area contributed by atoms with E-state index in [1.807, 2.05) is 0 Å². The standard InChI is InChI=1S/C90H111ClSi/c1-52(2)64-25-65(53(3)4)32-76(31-64)82-43-83(77-33-66(54(5)6)26-67(34-77)55(7)8)47-88(46-82)92(91,89-48-84(78-35-68(56(9)10)27-69(36-78)57(11)12)44-85(49-89)79-37-70(58(13)14)28-71(38-79)59(15)16)90-50-86(80-39-72(60(17)18)29-73(40-80)61(19)20)45-87(51-90)81-41-74(62(21)22)30-75(42-81)63(23)24/h25-63H,1-24H3. The van der Waals surface area contributed by atoms with Gasteiger partial charge in [0.2, 0.25) is 7.38 Å². The Morgan fingerprint density at radius 2 is 0.250 bits per heavy atom. The van der Waals surface area contributed by atoms with Crippen LogP contribution in [0.5, 0.6) is 0 Å². The fourth-order valence-electron chi connectivity index (χ4n) is 13.0. The van der Waals surface area contributed by atoms with Crippen LogP contribution in [0.15, 0.2) is 164 Å². The van der Waals surface area contributed by atoms with Crippen LogP contribution in [0, 0.1) is 0 Å². The number of rotatable bonds is 21. The molecule has 0 bridgehead atoms. The third-order valence-corrected chi connectivity index (χ3v) is 25.1. The first-order valence-corrected chi connectivity index (χ1v) is 38.4. The molecular weight excluding hydrogens is 1140 g/mol. The summed E-state index contributed by atoms with van der Waals surface area (Å²) >= 11 is 9.79. The van der Waals surface area contributed by atoms with Crippen LogP contribution < -0.4 is 15.6 Å². The van der Waals surface area contributed by atoms with E-state index in [1.54, 1.807) is 0 Å². The number of hydrogen-bond acceptors (Lipinski definition) is 0. The van der Waals surface area contributed by atoms with Crippen LogP contribution in [-0.2, 0) is 0 Å². The molecule has 0 heterocycles. The summed E-state index contributed by atoms with van der Waals surface area (Å²) in [5, 5.41) is 3.53. The molecule has 0 saturated heterocycles. The first kappa shape index (κ1) is 69.8. The van der Waals surface area contributed by atoms with E-state index in [4.69, 9.17) is 0 Å². The first-order chi connectivity index (χ1) is 43.3. The first-order valence-electron chi connectivity index (χ1n) is 35.3. The van der Waals surface area contributed by atoms with E-state index in [0.29, 0.717) is 71.0 Å². The van der Waals surface area contributed by atoms with Crippen LogP contribution in [-0.4, -0.2) is 7.38 Å². The van der Waals surface area contributed by atoms with E-state index in [1.165, 1.54) is 149 Å². The van der Waals surface area contributed by atoms with Crippen molar-refractivity contribution in [3.63, 3.8) is 0 Å². The molecule has 0 spiro atoms. The highest BCUT2D eigenvalue weighted by atomic mass is 35.6. The summed E-state index contributed by atoms with van der Waals surface area (Å²) in [5.74, 6) is 4.19. The molecule has 0 aliphatic rings. The Morgan fingerprint density at radius 3 is 0.348 bits per heavy atom. The Morgan fingerprint density at radius 1 is 0.152 bits per heavy atom. The van der Waals surface area contributed by atoms with E-state index in [0.717, 1.165) is 0 Å². The van der Waals surface area contributed by atoms with Crippen LogP contribution in [0.3, 0.4) is 0 Å². The van der Waals surface area contributed by atoms with Crippen molar-refractivity contribution in [3.05, 3.63) is 231 Å². The highest BCUT2D eigenvalue weighted by molar-refractivity contribution is 7.40. The van der Waals surface area contributed by atoms with Crippen molar-refractivity contribution in [2.24, 2.45) is 0 Å². The quantitative estimate of drug-likeness (QED) is 0.0382. The predicted molar refractivity (Wildman–Crippen MR) is 412 cm³/mol. The third kappa shape index (κ3) is 15.5. The molecule has 0 saturated carbocycles. The van der Waals surface area contributed by atoms with E-state index in [-0.39, 0.29) is 0 Å². The fourth-order valence-corrected chi connectivity index (χ4v) is 17.1. The highest BCUT2D eigenvalue weighted by Gasteiger charge is 2.41. The van der Waals surface area contributed by atoms with E-state index in [2.05, 4.69) is 330 Å². The van der Waals surface area contributed by atoms with Crippen molar-refractivity contribution in [2.75, 3.05) is 0 Å². The van der Waals surface area contributed by atoms with Gasteiger partial charge in [-0.15, -0.1) is 11.1 Å². The van der Waals surface area contributed by atoms with Gasteiger partial charge in [-0.25, -0.2) is 0 Å². The van der Waals surface area contributed by atoms with Crippen LogP contribution in [0.1, 0.15) is 304 Å². The SMILES string of the molecule is CC(C)c1cc(-c2cc(-c3cc(C(C)C)cc(C(C)C)c3)cc([Si](Cl)(c3cc(-c4cc(C(C)C)cc(C(C)C)c4)cc(-c4cc(C(C)C)cc(C(C)C)c4)c3)c3cc(-c4cc(C(C)C)cc(C(C)C)c4)cc(-c4cc(C(C)C)cc(C(C)C)c4)c3)c2)cc(C(C)C)c1. The number of benzene rings is 9. The van der Waals surface area contributed by atoms with Crippen LogP contribution in [0.25, 0.3) is 66.8 Å². The molecule has 9 aromatic rings. The van der Waals surface area contributed by atoms with Gasteiger partial charge in [-0.2, -0.15) is 0 Å². The van der Waals surface area contributed by atoms with E-state index < -0.39 is 7.38 Å². The molecule has 0 atom stereocenters. The zero-order valence-corrected chi connectivity index (χ0v) is 62.7. The zero-order valence-electron chi connectivity index (χ0n) is 60.9. The Hall–Kier alpha value is -6.51. The van der Waals surface area contributed by atoms with Gasteiger partial charge in [0.05, 0.1) is 0 Å². The minimum atomic E-state index is -3.82. The van der Waals surface area contributed by atoms with Gasteiger partial charge < -0.3 is 0 Å². The molecule has 2 heteroatoms. The second kappa shape index (κ2) is 28.6. The lowest BCUT2D eigenvalue weighted by molar-refractivity contribution is 0.834. The molecule has 0 amide bonds. The molecule has 9 rings (SSSR count). The number of hydrogen-bond donors (Lipinski definition) is 0. The number of halogens is 1. The summed E-state index contributed by atoms with van der Waals surface area (Å²) in [6.45, 7) is 56.1. The normalized spacial score (nSPS) is 12.5. The van der Waals surface area contributed by atoms with Gasteiger partial charge >= 0.3 is 0 Å². The summed E-state index contributed by atoms with van der Waals surface area (Å²) in [5.41, 5.74) is 30.9. The smallest absolute Gasteiger partial charge is 0.149 e. The predicted octanol–water partition coefficient (Wildman–Crippen LogP) is 26.4. The second-order valence-corrected chi connectivity index (χ2v) is 36.0. The summed E-state index contributed by atoms with van der Waals surface area (Å²) in [7, 11) is -3.82. The third-order valence-electron chi connectivity index (χ3n) is 19.9. The van der Waals surface area contributed by atoms with Crippen molar-refractivity contribution in [1.82, 2.24) is 0 Å². The van der Waals surface area contributed by atoms with Gasteiger partial charge in [-0.1, -0.05) is 312 Å². The van der Waals surface area contributed by atoms with E-state index in [9.17, 15) is 11.1 Å². The topological polar surface area (TPSA) is 0 Å². The Balaban J connectivity index is 1.56. The average molecular weight is 1260 g/mol. The lowest BCUT2D eigenvalue weighted by atomic mass is 9.88. The fraction of sp³-hybridized carbons (Fsp3) is 0.400. The van der Waals surface area contributed by atoms with E-state index >= 15 is 0 Å². The van der Waals surface area contributed by atoms with Crippen molar-refractivity contribution in [3.8, 4) is 66.8 Å². The molecule has 0 fully saturated rings.